The second-order valence-electron chi connectivity index (χ2n) is 6.29. The Bertz CT molecular complexity index is 979. The molecule has 1 N–H and O–H groups in total. The summed E-state index contributed by atoms with van der Waals surface area (Å²) in [6.07, 6.45) is 0. The number of nitrogens with zero attached hydrogens (tertiary/aromatic N) is 5. The van der Waals surface area contributed by atoms with Crippen molar-refractivity contribution < 1.29 is 4.79 Å². The Morgan fingerprint density at radius 2 is 1.85 bits per heavy atom. The summed E-state index contributed by atoms with van der Waals surface area (Å²) in [6.45, 7) is 5.65. The van der Waals surface area contributed by atoms with Crippen LogP contribution in [0.1, 0.15) is 18.3 Å². The molecule has 3 aromatic rings. The topological polar surface area (TPSA) is 77.6 Å². The Hall–Kier alpha value is -2.32. The maximum atomic E-state index is 12.6. The Balaban J connectivity index is 1.73. The number of thioether (sulfide) groups is 1. The number of amides is 1. The van der Waals surface area contributed by atoms with E-state index in [-0.39, 0.29) is 11.2 Å². The van der Waals surface area contributed by atoms with Gasteiger partial charge in [0.2, 0.25) is 5.91 Å². The monoisotopic (exact) mass is 404 g/mol. The highest BCUT2D eigenvalue weighted by Gasteiger charge is 2.21. The van der Waals surface area contributed by atoms with Crippen molar-refractivity contribution in [3.8, 4) is 11.4 Å². The molecule has 9 heteroatoms. The van der Waals surface area contributed by atoms with Crippen LogP contribution in [0.5, 0.6) is 0 Å². The molecule has 0 radical (unpaired) electrons. The Labute approximate surface area is 167 Å². The third-order valence-electron chi connectivity index (χ3n) is 4.35. The summed E-state index contributed by atoms with van der Waals surface area (Å²) in [4.78, 5) is 12.6. The van der Waals surface area contributed by atoms with Gasteiger partial charge in [-0.3, -0.25) is 9.48 Å². The van der Waals surface area contributed by atoms with Crippen LogP contribution in [0.4, 0.5) is 5.69 Å². The van der Waals surface area contributed by atoms with E-state index >= 15 is 0 Å². The van der Waals surface area contributed by atoms with E-state index in [4.69, 9.17) is 11.6 Å². The van der Waals surface area contributed by atoms with E-state index in [0.29, 0.717) is 10.2 Å². The van der Waals surface area contributed by atoms with Gasteiger partial charge in [-0.2, -0.15) is 5.10 Å². The van der Waals surface area contributed by atoms with Crippen LogP contribution in [-0.4, -0.2) is 35.7 Å². The van der Waals surface area contributed by atoms with Crippen LogP contribution in [0.2, 0.25) is 5.02 Å². The first-order valence-electron chi connectivity index (χ1n) is 8.41. The number of benzene rings is 1. The highest BCUT2D eigenvalue weighted by atomic mass is 35.5. The number of halogens is 1. The van der Waals surface area contributed by atoms with Crippen molar-refractivity contribution in [2.75, 3.05) is 5.32 Å². The molecule has 0 bridgehead atoms. The molecule has 0 aliphatic carbocycles. The molecule has 2 heterocycles. The fraction of sp³-hybridized carbons (Fsp3) is 0.333. The van der Waals surface area contributed by atoms with Crippen molar-refractivity contribution in [1.29, 1.82) is 0 Å². The van der Waals surface area contributed by atoms with Crippen molar-refractivity contribution in [3.63, 3.8) is 0 Å². The van der Waals surface area contributed by atoms with Crippen LogP contribution in [0.25, 0.3) is 11.4 Å². The summed E-state index contributed by atoms with van der Waals surface area (Å²) < 4.78 is 3.63. The zero-order valence-corrected chi connectivity index (χ0v) is 17.4. The number of rotatable bonds is 5. The molecule has 3 rings (SSSR count). The molecule has 1 atom stereocenters. The van der Waals surface area contributed by atoms with E-state index in [9.17, 15) is 4.79 Å². The van der Waals surface area contributed by atoms with Crippen LogP contribution in [0.3, 0.4) is 0 Å². The van der Waals surface area contributed by atoms with Crippen LogP contribution in [-0.2, 0) is 18.9 Å². The lowest BCUT2D eigenvalue weighted by Crippen LogP contribution is -2.23. The van der Waals surface area contributed by atoms with Gasteiger partial charge in [0.05, 0.1) is 22.3 Å². The van der Waals surface area contributed by atoms with E-state index < -0.39 is 0 Å². The van der Waals surface area contributed by atoms with Gasteiger partial charge in [-0.15, -0.1) is 10.2 Å². The molecule has 0 fully saturated rings. The third kappa shape index (κ3) is 4.01. The summed E-state index contributed by atoms with van der Waals surface area (Å²) in [5.41, 5.74) is 3.39. The van der Waals surface area contributed by atoms with Crippen molar-refractivity contribution in [3.05, 3.63) is 40.7 Å². The minimum atomic E-state index is -0.343. The van der Waals surface area contributed by atoms with Gasteiger partial charge in [0.25, 0.3) is 0 Å². The van der Waals surface area contributed by atoms with Gasteiger partial charge in [-0.05, 0) is 45.0 Å². The van der Waals surface area contributed by atoms with Gasteiger partial charge in [-0.1, -0.05) is 23.4 Å². The minimum Gasteiger partial charge on any atom is -0.322 e. The molecular formula is C18H21ClN6OS. The fourth-order valence-corrected chi connectivity index (χ4v) is 3.60. The first kappa shape index (κ1) is 19.4. The molecule has 7 nitrogen and oxygen atoms in total. The van der Waals surface area contributed by atoms with Gasteiger partial charge in [-0.25, -0.2) is 0 Å². The molecule has 0 aliphatic rings. The molecule has 0 saturated carbocycles. The lowest BCUT2D eigenvalue weighted by molar-refractivity contribution is -0.115. The minimum absolute atomic E-state index is 0.102. The van der Waals surface area contributed by atoms with Crippen molar-refractivity contribution in [2.24, 2.45) is 14.1 Å². The van der Waals surface area contributed by atoms with Crippen molar-refractivity contribution in [2.45, 2.75) is 31.2 Å². The molecular weight excluding hydrogens is 384 g/mol. The third-order valence-corrected chi connectivity index (χ3v) is 5.73. The fourth-order valence-electron chi connectivity index (χ4n) is 2.66. The van der Waals surface area contributed by atoms with Crippen LogP contribution < -0.4 is 5.32 Å². The van der Waals surface area contributed by atoms with E-state index in [1.807, 2.05) is 63.7 Å². The molecule has 0 aliphatic heterocycles. The van der Waals surface area contributed by atoms with E-state index in [1.165, 1.54) is 11.8 Å². The van der Waals surface area contributed by atoms with Crippen LogP contribution >= 0.6 is 23.4 Å². The number of nitrogens with one attached hydrogen (secondary N) is 1. The number of hydrogen-bond donors (Lipinski definition) is 1. The van der Waals surface area contributed by atoms with Crippen LogP contribution in [0.15, 0.2) is 29.4 Å². The standard InChI is InChI=1S/C18H21ClN6OS/c1-10-15(11(2)25(5)23-10)20-17(26)12(3)27-18-22-21-16(24(18)4)13-6-8-14(19)9-7-13/h6-9,12H,1-5H3,(H,20,26)/t12-/m1/s1. The summed E-state index contributed by atoms with van der Waals surface area (Å²) in [5, 5.41) is 16.8. The molecule has 27 heavy (non-hydrogen) atoms. The number of aryl methyl sites for hydroxylation is 2. The summed E-state index contributed by atoms with van der Waals surface area (Å²) in [6, 6.07) is 7.41. The lowest BCUT2D eigenvalue weighted by Gasteiger charge is -2.12. The van der Waals surface area contributed by atoms with E-state index in [0.717, 1.165) is 28.5 Å². The maximum absolute atomic E-state index is 12.6. The second kappa shape index (κ2) is 7.74. The molecule has 0 unspecified atom stereocenters. The van der Waals surface area contributed by atoms with E-state index in [2.05, 4.69) is 20.6 Å². The predicted octanol–water partition coefficient (Wildman–Crippen LogP) is 3.61. The van der Waals surface area contributed by atoms with Gasteiger partial charge in [0.15, 0.2) is 11.0 Å². The van der Waals surface area contributed by atoms with Gasteiger partial charge in [0, 0.05) is 24.7 Å². The molecule has 142 valence electrons. The highest BCUT2D eigenvalue weighted by Crippen LogP contribution is 2.27. The smallest absolute Gasteiger partial charge is 0.237 e. The second-order valence-corrected chi connectivity index (χ2v) is 8.04. The normalized spacial score (nSPS) is 12.2. The zero-order chi connectivity index (χ0) is 19.7. The van der Waals surface area contributed by atoms with Gasteiger partial charge in [0.1, 0.15) is 0 Å². The van der Waals surface area contributed by atoms with Crippen molar-refractivity contribution in [1.82, 2.24) is 24.5 Å². The predicted molar refractivity (Wildman–Crippen MR) is 108 cm³/mol. The number of anilines is 1. The van der Waals surface area contributed by atoms with Crippen molar-refractivity contribution >= 4 is 35.0 Å². The number of hydrogen-bond acceptors (Lipinski definition) is 5. The molecule has 0 spiro atoms. The maximum Gasteiger partial charge on any atom is 0.237 e. The zero-order valence-electron chi connectivity index (χ0n) is 15.8. The molecule has 1 aromatic carbocycles. The number of aromatic nitrogens is 5. The summed E-state index contributed by atoms with van der Waals surface area (Å²) >= 11 is 7.30. The van der Waals surface area contributed by atoms with E-state index in [1.54, 1.807) is 4.68 Å². The molecule has 2 aromatic heterocycles. The first-order chi connectivity index (χ1) is 12.8. The average Bonchev–Trinajstić information content (AvgIpc) is 3.10. The van der Waals surface area contributed by atoms with Crippen LogP contribution in [0, 0.1) is 13.8 Å². The number of carbonyl (C=O) groups excluding carboxylic acids is 1. The highest BCUT2D eigenvalue weighted by molar-refractivity contribution is 8.00. The Kier molecular flexibility index (Phi) is 5.57. The lowest BCUT2D eigenvalue weighted by atomic mass is 10.2. The van der Waals surface area contributed by atoms with Gasteiger partial charge >= 0.3 is 0 Å². The summed E-state index contributed by atoms with van der Waals surface area (Å²) in [5.74, 6) is 0.621. The Morgan fingerprint density at radius 3 is 2.44 bits per heavy atom. The van der Waals surface area contributed by atoms with Gasteiger partial charge < -0.3 is 9.88 Å². The SMILES string of the molecule is Cc1nn(C)c(C)c1NC(=O)[C@@H](C)Sc1nnc(-c2ccc(Cl)cc2)n1C. The first-order valence-corrected chi connectivity index (χ1v) is 9.66. The molecule has 1 amide bonds. The quantitative estimate of drug-likeness (QED) is 0.657. The summed E-state index contributed by atoms with van der Waals surface area (Å²) in [7, 11) is 3.74. The largest absolute Gasteiger partial charge is 0.322 e. The average molecular weight is 405 g/mol. The Morgan fingerprint density at radius 1 is 1.19 bits per heavy atom. The number of carbonyl (C=O) groups is 1. The molecule has 0 saturated heterocycles.